The number of aryl methyl sites for hydroxylation is 1. The molecule has 10 nitrogen and oxygen atoms in total. The monoisotopic (exact) mass is 456 g/mol. The maximum Gasteiger partial charge on any atom is 0.338 e. The zero-order valence-electron chi connectivity index (χ0n) is 19.2. The van der Waals surface area contributed by atoms with Crippen molar-refractivity contribution in [3.05, 3.63) is 48.0 Å². The molecule has 0 atom stereocenters. The number of hydrogen-bond donors (Lipinski definition) is 3. The molecule has 0 aliphatic carbocycles. The van der Waals surface area contributed by atoms with E-state index in [1.54, 1.807) is 18.8 Å². The number of tetrazole rings is 1. The van der Waals surface area contributed by atoms with E-state index in [4.69, 9.17) is 0 Å². The van der Waals surface area contributed by atoms with Crippen molar-refractivity contribution in [2.75, 3.05) is 26.2 Å². The molecule has 4 heterocycles. The molecular weight excluding hydrogens is 430 g/mol. The van der Waals surface area contributed by atoms with Gasteiger partial charge in [-0.25, -0.2) is 0 Å². The highest BCUT2D eigenvalue weighted by molar-refractivity contribution is 5.97. The predicted octanol–water partition coefficient (Wildman–Crippen LogP) is 1.98. The molecule has 0 bridgehead atoms. The van der Waals surface area contributed by atoms with E-state index in [9.17, 15) is 4.79 Å². The lowest BCUT2D eigenvalue weighted by atomic mass is 10.1. The third-order valence-corrected chi connectivity index (χ3v) is 6.53. The highest BCUT2D eigenvalue weighted by Gasteiger charge is 2.19. The first-order chi connectivity index (χ1) is 16.5. The van der Waals surface area contributed by atoms with E-state index in [1.165, 1.54) is 5.56 Å². The summed E-state index contributed by atoms with van der Waals surface area (Å²) in [6.07, 6.45) is 0. The summed E-state index contributed by atoms with van der Waals surface area (Å²) in [4.78, 5) is 21.0. The van der Waals surface area contributed by atoms with E-state index < -0.39 is 0 Å². The number of fused-ring (bicyclic) bond motifs is 2. The Balaban J connectivity index is 1.24. The van der Waals surface area contributed by atoms with Crippen LogP contribution in [-0.4, -0.2) is 72.5 Å². The minimum Gasteiger partial charge on any atom is -0.353 e. The fourth-order valence-corrected chi connectivity index (χ4v) is 4.68. The standard InChI is InChI=1S/C24H25N9O/c1-15(34)33-9-7-32(8-10-33)14-16-3-6-20-18(11-16)13-22(25-20)23-19-5-4-17(12-21(19)26-27-23)24-28-30-31(2)29-24/h3-6,11-13H,7-10,14H2,1-2H3,(H2,25,26,27,28,29,30)/p+1. The van der Waals surface area contributed by atoms with Gasteiger partial charge in [-0.2, -0.15) is 5.10 Å². The quantitative estimate of drug-likeness (QED) is 0.358. The van der Waals surface area contributed by atoms with Gasteiger partial charge in [0, 0.05) is 55.9 Å². The van der Waals surface area contributed by atoms with Crippen LogP contribution in [0.3, 0.4) is 0 Å². The second-order valence-electron chi connectivity index (χ2n) is 8.88. The van der Waals surface area contributed by atoms with Gasteiger partial charge in [-0.15, -0.1) is 0 Å². The maximum absolute atomic E-state index is 11.6. The van der Waals surface area contributed by atoms with Crippen molar-refractivity contribution < 1.29 is 9.59 Å². The summed E-state index contributed by atoms with van der Waals surface area (Å²) < 4.78 is 0. The second-order valence-corrected chi connectivity index (χ2v) is 8.88. The number of piperazine rings is 1. The number of rotatable bonds is 4. The minimum atomic E-state index is 0.162. The predicted molar refractivity (Wildman–Crippen MR) is 127 cm³/mol. The van der Waals surface area contributed by atoms with Gasteiger partial charge in [0.05, 0.1) is 21.9 Å². The van der Waals surface area contributed by atoms with Gasteiger partial charge in [-0.05, 0) is 52.3 Å². The Morgan fingerprint density at radius 3 is 2.65 bits per heavy atom. The van der Waals surface area contributed by atoms with Gasteiger partial charge in [-0.3, -0.25) is 14.8 Å². The zero-order valence-corrected chi connectivity index (χ0v) is 19.2. The summed E-state index contributed by atoms with van der Waals surface area (Å²) >= 11 is 0. The highest BCUT2D eigenvalue weighted by Crippen LogP contribution is 2.31. The lowest BCUT2D eigenvalue weighted by Gasteiger charge is -2.34. The average Bonchev–Trinajstić information content (AvgIpc) is 3.56. The summed E-state index contributed by atoms with van der Waals surface area (Å²) in [6, 6.07) is 14.8. The van der Waals surface area contributed by atoms with Crippen molar-refractivity contribution >= 4 is 27.7 Å². The SMILES string of the molecule is CC(=O)N1CCN(Cc2ccc3[nH]c(-c4n[nH]c5cc(-c6n[nH][n+](C)n6)ccc45)cc3c2)CC1. The minimum absolute atomic E-state index is 0.162. The molecule has 1 fully saturated rings. The van der Waals surface area contributed by atoms with Crippen LogP contribution in [0.15, 0.2) is 42.5 Å². The Kier molecular flexibility index (Phi) is 4.88. The molecule has 1 aliphatic rings. The number of carbonyl (C=O) groups is 1. The molecular formula is C24H26N9O+. The Labute approximate surface area is 195 Å². The summed E-state index contributed by atoms with van der Waals surface area (Å²) in [6.45, 7) is 5.94. The van der Waals surface area contributed by atoms with Gasteiger partial charge < -0.3 is 9.88 Å². The largest absolute Gasteiger partial charge is 0.353 e. The normalized spacial score (nSPS) is 14.9. The van der Waals surface area contributed by atoms with Crippen LogP contribution in [0.1, 0.15) is 12.5 Å². The lowest BCUT2D eigenvalue weighted by Crippen LogP contribution is -2.47. The Hall–Kier alpha value is -4.05. The van der Waals surface area contributed by atoms with Crippen molar-refractivity contribution in [3.63, 3.8) is 0 Å². The fourth-order valence-electron chi connectivity index (χ4n) is 4.68. The number of aromatic nitrogens is 7. The molecule has 3 N–H and O–H groups in total. The summed E-state index contributed by atoms with van der Waals surface area (Å²) in [5, 5.41) is 21.3. The topological polar surface area (TPSA) is 113 Å². The molecule has 10 heteroatoms. The molecule has 2 aromatic carbocycles. The van der Waals surface area contributed by atoms with Gasteiger partial charge >= 0.3 is 5.82 Å². The van der Waals surface area contributed by atoms with Crippen LogP contribution in [0, 0.1) is 0 Å². The molecule has 6 rings (SSSR count). The molecule has 1 saturated heterocycles. The molecule has 1 amide bonds. The van der Waals surface area contributed by atoms with Gasteiger partial charge in [-0.1, -0.05) is 10.9 Å². The first-order valence-electron chi connectivity index (χ1n) is 11.4. The van der Waals surface area contributed by atoms with Crippen LogP contribution in [0.25, 0.3) is 44.6 Å². The number of nitrogens with zero attached hydrogens (tertiary/aromatic N) is 6. The van der Waals surface area contributed by atoms with Crippen molar-refractivity contribution in [2.45, 2.75) is 13.5 Å². The molecule has 0 spiro atoms. The first kappa shape index (κ1) is 20.5. The van der Waals surface area contributed by atoms with Gasteiger partial charge in [0.25, 0.3) is 0 Å². The highest BCUT2D eigenvalue weighted by atomic mass is 16.2. The fraction of sp³-hybridized carbons (Fsp3) is 0.292. The van der Waals surface area contributed by atoms with E-state index in [-0.39, 0.29) is 5.91 Å². The van der Waals surface area contributed by atoms with E-state index in [2.05, 4.69) is 65.8 Å². The van der Waals surface area contributed by atoms with Crippen molar-refractivity contribution in [1.29, 1.82) is 0 Å². The number of hydrogen-bond acceptors (Lipinski definition) is 5. The third-order valence-electron chi connectivity index (χ3n) is 6.53. The molecule has 0 radical (unpaired) electrons. The number of carbonyl (C=O) groups excluding carboxylic acids is 1. The third kappa shape index (κ3) is 3.71. The van der Waals surface area contributed by atoms with Crippen molar-refractivity contribution in [2.24, 2.45) is 7.05 Å². The number of H-pyrrole nitrogens is 3. The summed E-state index contributed by atoms with van der Waals surface area (Å²) in [5.41, 5.74) is 6.08. The van der Waals surface area contributed by atoms with E-state index >= 15 is 0 Å². The molecule has 3 aromatic heterocycles. The molecule has 34 heavy (non-hydrogen) atoms. The Morgan fingerprint density at radius 1 is 1.03 bits per heavy atom. The van der Waals surface area contributed by atoms with Crippen LogP contribution in [-0.2, 0) is 18.4 Å². The molecule has 0 unspecified atom stereocenters. The number of benzene rings is 2. The van der Waals surface area contributed by atoms with Crippen LogP contribution in [0.4, 0.5) is 0 Å². The summed E-state index contributed by atoms with van der Waals surface area (Å²) in [5.74, 6) is 0.802. The number of nitrogens with one attached hydrogen (secondary N) is 3. The molecule has 1 aliphatic heterocycles. The Morgan fingerprint density at radius 2 is 1.88 bits per heavy atom. The molecule has 0 saturated carbocycles. The Bertz CT molecular complexity index is 1500. The van der Waals surface area contributed by atoms with Crippen LogP contribution < -0.4 is 4.80 Å². The van der Waals surface area contributed by atoms with Gasteiger partial charge in [0.15, 0.2) is 0 Å². The number of aromatic amines is 3. The molecule has 172 valence electrons. The second kappa shape index (κ2) is 8.07. The smallest absolute Gasteiger partial charge is 0.338 e. The van der Waals surface area contributed by atoms with E-state index in [1.807, 2.05) is 17.0 Å². The van der Waals surface area contributed by atoms with E-state index in [0.29, 0.717) is 5.82 Å². The van der Waals surface area contributed by atoms with E-state index in [0.717, 1.165) is 71.5 Å². The van der Waals surface area contributed by atoms with Crippen LogP contribution >= 0.6 is 0 Å². The zero-order chi connectivity index (χ0) is 23.2. The molecule has 5 aromatic rings. The van der Waals surface area contributed by atoms with Gasteiger partial charge in [0.1, 0.15) is 12.7 Å². The van der Waals surface area contributed by atoms with Crippen LogP contribution in [0.2, 0.25) is 0 Å². The maximum atomic E-state index is 11.6. The van der Waals surface area contributed by atoms with Crippen molar-refractivity contribution in [3.8, 4) is 22.8 Å². The lowest BCUT2D eigenvalue weighted by molar-refractivity contribution is -0.783. The first-order valence-corrected chi connectivity index (χ1v) is 11.4. The summed E-state index contributed by atoms with van der Waals surface area (Å²) in [7, 11) is 1.80. The van der Waals surface area contributed by atoms with Crippen LogP contribution in [0.5, 0.6) is 0 Å². The number of amides is 1. The van der Waals surface area contributed by atoms with Gasteiger partial charge in [0.2, 0.25) is 5.91 Å². The average molecular weight is 457 g/mol. The van der Waals surface area contributed by atoms with Crippen molar-refractivity contribution in [1.82, 2.24) is 40.4 Å².